The van der Waals surface area contributed by atoms with Gasteiger partial charge in [0.15, 0.2) is 11.5 Å². The van der Waals surface area contributed by atoms with Gasteiger partial charge in [-0.3, -0.25) is 0 Å². The summed E-state index contributed by atoms with van der Waals surface area (Å²) in [4.78, 5) is 6.99. The van der Waals surface area contributed by atoms with Gasteiger partial charge in [0, 0.05) is 24.2 Å². The summed E-state index contributed by atoms with van der Waals surface area (Å²) in [6.07, 6.45) is 2.99. The van der Waals surface area contributed by atoms with Crippen LogP contribution in [-0.2, 0) is 0 Å². The molecule has 5 heteroatoms. The van der Waals surface area contributed by atoms with Crippen molar-refractivity contribution in [3.63, 3.8) is 0 Å². The van der Waals surface area contributed by atoms with Crippen LogP contribution < -0.4 is 20.1 Å². The van der Waals surface area contributed by atoms with Gasteiger partial charge in [0.25, 0.3) is 0 Å². The summed E-state index contributed by atoms with van der Waals surface area (Å²) in [7, 11) is 0. The maximum Gasteiger partial charge on any atom is 0.231 e. The predicted octanol–water partition coefficient (Wildman–Crippen LogP) is 2.14. The fourth-order valence-electron chi connectivity index (χ4n) is 3.38. The van der Waals surface area contributed by atoms with Crippen LogP contribution in [0.15, 0.2) is 24.4 Å². The average Bonchev–Trinajstić information content (AvgIpc) is 3.10. The van der Waals surface area contributed by atoms with E-state index < -0.39 is 0 Å². The summed E-state index contributed by atoms with van der Waals surface area (Å²) >= 11 is 0. The molecule has 1 aromatic carbocycles. The number of ether oxygens (including phenoxy) is 2. The molecule has 0 bridgehead atoms. The number of anilines is 1. The third-order valence-electron chi connectivity index (χ3n) is 4.50. The Kier molecular flexibility index (Phi) is 2.89. The molecule has 21 heavy (non-hydrogen) atoms. The van der Waals surface area contributed by atoms with Gasteiger partial charge < -0.3 is 20.1 Å². The van der Waals surface area contributed by atoms with Crippen molar-refractivity contribution in [3.8, 4) is 11.5 Å². The zero-order chi connectivity index (χ0) is 14.4. The second kappa shape index (κ2) is 4.77. The Morgan fingerprint density at radius 2 is 2.14 bits per heavy atom. The lowest BCUT2D eigenvalue weighted by molar-refractivity contribution is 0.174. The molecule has 2 N–H and O–H groups in total. The van der Waals surface area contributed by atoms with Crippen molar-refractivity contribution in [2.45, 2.75) is 19.4 Å². The first-order chi connectivity index (χ1) is 10.3. The lowest BCUT2D eigenvalue weighted by Gasteiger charge is -2.24. The van der Waals surface area contributed by atoms with Gasteiger partial charge in [-0.15, -0.1) is 0 Å². The minimum atomic E-state index is 0.295. The molecular formula is C16H19N3O2. The molecule has 0 saturated carbocycles. The standard InChI is InChI=1S/C16H19N3O2/c1-10-4-11(7-17)8-19(10)16-13-6-15-14(20-9-21-15)5-12(13)2-3-18-16/h2-3,5-6,10-11H,4,7-9,17H2,1H3. The monoisotopic (exact) mass is 285 g/mol. The first-order valence-electron chi connectivity index (χ1n) is 7.41. The molecular weight excluding hydrogens is 266 g/mol. The van der Waals surface area contributed by atoms with Gasteiger partial charge in [0.05, 0.1) is 0 Å². The highest BCUT2D eigenvalue weighted by Gasteiger charge is 2.30. The van der Waals surface area contributed by atoms with Gasteiger partial charge in [-0.05, 0) is 49.4 Å². The van der Waals surface area contributed by atoms with Crippen LogP contribution in [0.2, 0.25) is 0 Å². The molecule has 2 aliphatic rings. The van der Waals surface area contributed by atoms with Gasteiger partial charge in [0.2, 0.25) is 6.79 Å². The molecule has 0 spiro atoms. The van der Waals surface area contributed by atoms with E-state index in [1.54, 1.807) is 0 Å². The summed E-state index contributed by atoms with van der Waals surface area (Å²) in [5, 5.41) is 2.25. The van der Waals surface area contributed by atoms with E-state index in [9.17, 15) is 0 Å². The van der Waals surface area contributed by atoms with E-state index >= 15 is 0 Å². The van der Waals surface area contributed by atoms with Crippen LogP contribution in [0.5, 0.6) is 11.5 Å². The number of aromatic nitrogens is 1. The van der Waals surface area contributed by atoms with Crippen LogP contribution in [-0.4, -0.2) is 30.9 Å². The molecule has 2 unspecified atom stereocenters. The summed E-state index contributed by atoms with van der Waals surface area (Å²) in [5.74, 6) is 3.19. The van der Waals surface area contributed by atoms with Crippen LogP contribution in [0.1, 0.15) is 13.3 Å². The van der Waals surface area contributed by atoms with E-state index in [2.05, 4.69) is 16.8 Å². The largest absolute Gasteiger partial charge is 0.454 e. The van der Waals surface area contributed by atoms with E-state index in [0.717, 1.165) is 47.6 Å². The number of nitrogens with two attached hydrogens (primary N) is 1. The van der Waals surface area contributed by atoms with E-state index in [1.807, 2.05) is 24.4 Å². The van der Waals surface area contributed by atoms with Gasteiger partial charge >= 0.3 is 0 Å². The highest BCUT2D eigenvalue weighted by atomic mass is 16.7. The normalized spacial score (nSPS) is 24.0. The fraction of sp³-hybridized carbons (Fsp3) is 0.438. The van der Waals surface area contributed by atoms with Crippen molar-refractivity contribution < 1.29 is 9.47 Å². The lowest BCUT2D eigenvalue weighted by Crippen LogP contribution is -2.28. The molecule has 5 nitrogen and oxygen atoms in total. The van der Waals surface area contributed by atoms with Gasteiger partial charge in [-0.25, -0.2) is 4.98 Å². The van der Waals surface area contributed by atoms with Crippen LogP contribution in [0.4, 0.5) is 5.82 Å². The SMILES string of the molecule is CC1CC(CN)CN1c1nccc2cc3c(cc12)OCO3. The lowest BCUT2D eigenvalue weighted by atomic mass is 10.1. The topological polar surface area (TPSA) is 60.6 Å². The first-order valence-corrected chi connectivity index (χ1v) is 7.41. The van der Waals surface area contributed by atoms with E-state index in [4.69, 9.17) is 15.2 Å². The molecule has 2 aromatic rings. The number of fused-ring (bicyclic) bond motifs is 2. The number of nitrogens with zero attached hydrogens (tertiary/aromatic N) is 2. The van der Waals surface area contributed by atoms with Crippen LogP contribution in [0, 0.1) is 5.92 Å². The molecule has 2 aliphatic heterocycles. The molecule has 0 amide bonds. The zero-order valence-corrected chi connectivity index (χ0v) is 12.1. The Hall–Kier alpha value is -2.01. The average molecular weight is 285 g/mol. The molecule has 1 fully saturated rings. The van der Waals surface area contributed by atoms with Crippen LogP contribution in [0.25, 0.3) is 10.8 Å². The number of hydrogen-bond donors (Lipinski definition) is 1. The van der Waals surface area contributed by atoms with Crippen LogP contribution in [0.3, 0.4) is 0 Å². The Morgan fingerprint density at radius 3 is 2.90 bits per heavy atom. The number of benzene rings is 1. The van der Waals surface area contributed by atoms with Crippen LogP contribution >= 0.6 is 0 Å². The Morgan fingerprint density at radius 1 is 1.33 bits per heavy atom. The van der Waals surface area contributed by atoms with E-state index in [1.165, 1.54) is 0 Å². The highest BCUT2D eigenvalue weighted by molar-refractivity contribution is 5.95. The predicted molar refractivity (Wildman–Crippen MR) is 81.8 cm³/mol. The van der Waals surface area contributed by atoms with Gasteiger partial charge in [-0.1, -0.05) is 0 Å². The summed E-state index contributed by atoms with van der Waals surface area (Å²) < 4.78 is 11.0. The number of hydrogen-bond acceptors (Lipinski definition) is 5. The third-order valence-corrected chi connectivity index (χ3v) is 4.50. The number of rotatable bonds is 2. The molecule has 2 atom stereocenters. The summed E-state index contributed by atoms with van der Waals surface area (Å²) in [6, 6.07) is 6.55. The minimum Gasteiger partial charge on any atom is -0.454 e. The maximum atomic E-state index is 5.84. The van der Waals surface area contributed by atoms with E-state index in [-0.39, 0.29) is 0 Å². The summed E-state index contributed by atoms with van der Waals surface area (Å²) in [5.41, 5.74) is 5.84. The van der Waals surface area contributed by atoms with Gasteiger partial charge in [0.1, 0.15) is 5.82 Å². The molecule has 0 radical (unpaired) electrons. The molecule has 0 aliphatic carbocycles. The van der Waals surface area contributed by atoms with Crippen molar-refractivity contribution >= 4 is 16.6 Å². The Balaban J connectivity index is 1.82. The Labute approximate surface area is 123 Å². The van der Waals surface area contributed by atoms with Crippen molar-refractivity contribution in [2.24, 2.45) is 11.7 Å². The van der Waals surface area contributed by atoms with Crippen molar-refractivity contribution in [1.29, 1.82) is 0 Å². The fourth-order valence-corrected chi connectivity index (χ4v) is 3.38. The zero-order valence-electron chi connectivity index (χ0n) is 12.1. The summed E-state index contributed by atoms with van der Waals surface area (Å²) in [6.45, 7) is 4.24. The van der Waals surface area contributed by atoms with Crippen molar-refractivity contribution in [3.05, 3.63) is 24.4 Å². The maximum absolute atomic E-state index is 5.84. The molecule has 1 saturated heterocycles. The number of pyridine rings is 1. The smallest absolute Gasteiger partial charge is 0.231 e. The van der Waals surface area contributed by atoms with E-state index in [0.29, 0.717) is 18.8 Å². The third kappa shape index (κ3) is 2.00. The van der Waals surface area contributed by atoms with Gasteiger partial charge in [-0.2, -0.15) is 0 Å². The first kappa shape index (κ1) is 12.7. The highest BCUT2D eigenvalue weighted by Crippen LogP contribution is 2.40. The second-order valence-electron chi connectivity index (χ2n) is 5.90. The molecule has 4 rings (SSSR count). The Bertz CT molecular complexity index is 689. The molecule has 1 aromatic heterocycles. The molecule has 3 heterocycles. The van der Waals surface area contributed by atoms with Crippen molar-refractivity contribution in [1.82, 2.24) is 4.98 Å². The second-order valence-corrected chi connectivity index (χ2v) is 5.90. The molecule has 110 valence electrons. The quantitative estimate of drug-likeness (QED) is 0.916. The van der Waals surface area contributed by atoms with Crippen molar-refractivity contribution in [2.75, 3.05) is 24.8 Å². The minimum absolute atomic E-state index is 0.295.